The number of carbonyl (C=O) groups excluding carboxylic acids is 3. The van der Waals surface area contributed by atoms with Crippen molar-refractivity contribution in [1.29, 1.82) is 0 Å². The fourth-order valence-electron chi connectivity index (χ4n) is 2.15. The van der Waals surface area contributed by atoms with E-state index in [9.17, 15) is 14.4 Å². The smallest absolute Gasteiger partial charge is 0.337 e. The number of methoxy groups -OCH3 is 1. The van der Waals surface area contributed by atoms with Crippen LogP contribution in [-0.2, 0) is 14.3 Å². The highest BCUT2D eigenvalue weighted by atomic mass is 35.5. The number of amides is 2. The van der Waals surface area contributed by atoms with Gasteiger partial charge in [-0.25, -0.2) is 4.79 Å². The largest absolute Gasteiger partial charge is 0.465 e. The average molecular weight is 376 g/mol. The molecule has 0 atom stereocenters. The molecule has 0 aliphatic carbocycles. The van der Waals surface area contributed by atoms with Crippen LogP contribution in [0, 0.1) is 0 Å². The molecule has 0 saturated heterocycles. The minimum atomic E-state index is -0.523. The number of ether oxygens (including phenoxy) is 1. The molecule has 0 aromatic heterocycles. The molecule has 0 unspecified atom stereocenters. The molecule has 0 fully saturated rings. The summed E-state index contributed by atoms with van der Waals surface area (Å²) in [5.41, 5.74) is 1.88. The summed E-state index contributed by atoms with van der Waals surface area (Å²) in [4.78, 5) is 34.8. The van der Waals surface area contributed by atoms with Crippen molar-refractivity contribution in [3.05, 3.63) is 53.1 Å². The fourth-order valence-corrected chi connectivity index (χ4v) is 2.32. The summed E-state index contributed by atoms with van der Waals surface area (Å²) >= 11 is 6.05. The van der Waals surface area contributed by atoms with Gasteiger partial charge in [0.25, 0.3) is 0 Å². The number of carbonyl (C=O) groups is 3. The van der Waals surface area contributed by atoms with Crippen LogP contribution in [0.2, 0.25) is 5.02 Å². The van der Waals surface area contributed by atoms with Gasteiger partial charge in [0.1, 0.15) is 0 Å². The van der Waals surface area contributed by atoms with Gasteiger partial charge >= 0.3 is 5.97 Å². The molecule has 0 bridgehead atoms. The van der Waals surface area contributed by atoms with Gasteiger partial charge in [0, 0.05) is 18.3 Å². The SMILES string of the molecule is COC(=O)c1ccc(Cl)c(NC(=O)CNc2cccc(NC(C)=O)c2)c1. The zero-order valence-electron chi connectivity index (χ0n) is 14.3. The molecule has 0 spiro atoms. The summed E-state index contributed by atoms with van der Waals surface area (Å²) in [6, 6.07) is 11.4. The van der Waals surface area contributed by atoms with Gasteiger partial charge in [-0.3, -0.25) is 9.59 Å². The van der Waals surface area contributed by atoms with E-state index in [4.69, 9.17) is 11.6 Å². The first-order valence-electron chi connectivity index (χ1n) is 7.68. The molecule has 0 saturated carbocycles. The van der Waals surface area contributed by atoms with Crippen molar-refractivity contribution in [2.75, 3.05) is 29.6 Å². The predicted octanol–water partition coefficient (Wildman–Crippen LogP) is 3.14. The van der Waals surface area contributed by atoms with E-state index in [0.29, 0.717) is 22.1 Å². The molecule has 0 radical (unpaired) electrons. The van der Waals surface area contributed by atoms with E-state index >= 15 is 0 Å². The number of nitrogens with one attached hydrogen (secondary N) is 3. The third-order valence-electron chi connectivity index (χ3n) is 3.30. The van der Waals surface area contributed by atoms with E-state index in [-0.39, 0.29) is 23.9 Å². The van der Waals surface area contributed by atoms with E-state index in [1.165, 1.54) is 32.2 Å². The molecule has 0 heterocycles. The second kappa shape index (κ2) is 8.87. The van der Waals surface area contributed by atoms with E-state index in [1.807, 2.05) is 0 Å². The summed E-state index contributed by atoms with van der Waals surface area (Å²) in [6.07, 6.45) is 0. The van der Waals surface area contributed by atoms with E-state index < -0.39 is 5.97 Å². The number of hydrogen-bond acceptors (Lipinski definition) is 5. The van der Waals surface area contributed by atoms with Crippen LogP contribution in [0.3, 0.4) is 0 Å². The van der Waals surface area contributed by atoms with Gasteiger partial charge in [0.2, 0.25) is 11.8 Å². The molecule has 0 aliphatic heterocycles. The molecule has 3 N–H and O–H groups in total. The van der Waals surface area contributed by atoms with Crippen molar-refractivity contribution in [3.8, 4) is 0 Å². The van der Waals surface area contributed by atoms with Gasteiger partial charge in [-0.15, -0.1) is 0 Å². The summed E-state index contributed by atoms with van der Waals surface area (Å²) in [6.45, 7) is 1.39. The second-order valence-electron chi connectivity index (χ2n) is 5.35. The number of benzene rings is 2. The van der Waals surface area contributed by atoms with Crippen molar-refractivity contribution in [2.24, 2.45) is 0 Å². The van der Waals surface area contributed by atoms with E-state index in [2.05, 4.69) is 20.7 Å². The summed E-state index contributed by atoms with van der Waals surface area (Å²) < 4.78 is 4.64. The van der Waals surface area contributed by atoms with Crippen LogP contribution in [-0.4, -0.2) is 31.4 Å². The van der Waals surface area contributed by atoms with Crippen LogP contribution in [0.25, 0.3) is 0 Å². The highest BCUT2D eigenvalue weighted by Crippen LogP contribution is 2.23. The van der Waals surface area contributed by atoms with Crippen molar-refractivity contribution in [3.63, 3.8) is 0 Å². The van der Waals surface area contributed by atoms with Crippen molar-refractivity contribution in [2.45, 2.75) is 6.92 Å². The Bertz CT molecular complexity index is 839. The molecule has 2 aromatic rings. The van der Waals surface area contributed by atoms with Crippen molar-refractivity contribution in [1.82, 2.24) is 0 Å². The van der Waals surface area contributed by atoms with Gasteiger partial charge in [-0.05, 0) is 36.4 Å². The Morgan fingerprint density at radius 1 is 1.04 bits per heavy atom. The molecule has 2 aromatic carbocycles. The van der Waals surface area contributed by atoms with Crippen LogP contribution in [0.15, 0.2) is 42.5 Å². The summed E-state index contributed by atoms with van der Waals surface area (Å²) in [5, 5.41) is 8.55. The van der Waals surface area contributed by atoms with Gasteiger partial charge in [0.05, 0.1) is 29.9 Å². The lowest BCUT2D eigenvalue weighted by Crippen LogP contribution is -2.22. The molecule has 8 heteroatoms. The lowest BCUT2D eigenvalue weighted by Gasteiger charge is -2.11. The maximum atomic E-state index is 12.1. The lowest BCUT2D eigenvalue weighted by molar-refractivity contribution is -0.115. The average Bonchev–Trinajstić information content (AvgIpc) is 2.61. The molecule has 7 nitrogen and oxygen atoms in total. The lowest BCUT2D eigenvalue weighted by atomic mass is 10.2. The molecular formula is C18H18ClN3O4. The van der Waals surface area contributed by atoms with Gasteiger partial charge in [-0.1, -0.05) is 17.7 Å². The first-order valence-corrected chi connectivity index (χ1v) is 8.06. The van der Waals surface area contributed by atoms with Gasteiger partial charge in [0.15, 0.2) is 0 Å². The van der Waals surface area contributed by atoms with Crippen molar-refractivity contribution >= 4 is 46.4 Å². The Balaban J connectivity index is 1.99. The Kier molecular flexibility index (Phi) is 6.57. The Morgan fingerprint density at radius 3 is 2.46 bits per heavy atom. The first kappa shape index (κ1) is 19.3. The van der Waals surface area contributed by atoms with Gasteiger partial charge < -0.3 is 20.7 Å². The van der Waals surface area contributed by atoms with Crippen LogP contribution in [0.1, 0.15) is 17.3 Å². The summed E-state index contributed by atoms with van der Waals surface area (Å²) in [5.74, 6) is -1.05. The zero-order valence-corrected chi connectivity index (χ0v) is 15.0. The number of rotatable bonds is 6. The molecule has 2 amide bonds. The number of halogens is 1. The third kappa shape index (κ3) is 5.49. The highest BCUT2D eigenvalue weighted by Gasteiger charge is 2.11. The highest BCUT2D eigenvalue weighted by molar-refractivity contribution is 6.33. The van der Waals surface area contributed by atoms with Crippen molar-refractivity contribution < 1.29 is 19.1 Å². The fraction of sp³-hybridized carbons (Fsp3) is 0.167. The van der Waals surface area contributed by atoms with Crippen LogP contribution < -0.4 is 16.0 Å². The first-order chi connectivity index (χ1) is 12.4. The standard InChI is InChI=1S/C18H18ClN3O4/c1-11(23)21-14-5-3-4-13(9-14)20-10-17(24)22-16-8-12(18(25)26-2)6-7-15(16)19/h3-9,20H,10H2,1-2H3,(H,21,23)(H,22,24). The van der Waals surface area contributed by atoms with E-state index in [0.717, 1.165) is 0 Å². The number of anilines is 3. The predicted molar refractivity (Wildman–Crippen MR) is 101 cm³/mol. The quantitative estimate of drug-likeness (QED) is 0.674. The van der Waals surface area contributed by atoms with Crippen LogP contribution in [0.4, 0.5) is 17.1 Å². The Labute approximate surface area is 155 Å². The molecule has 136 valence electrons. The number of esters is 1. The molecule has 26 heavy (non-hydrogen) atoms. The van der Waals surface area contributed by atoms with Crippen LogP contribution in [0.5, 0.6) is 0 Å². The normalized spacial score (nSPS) is 9.96. The molecular weight excluding hydrogens is 358 g/mol. The minimum Gasteiger partial charge on any atom is -0.465 e. The third-order valence-corrected chi connectivity index (χ3v) is 3.63. The molecule has 0 aliphatic rings. The Morgan fingerprint density at radius 2 is 1.77 bits per heavy atom. The zero-order chi connectivity index (χ0) is 19.1. The summed E-state index contributed by atoms with van der Waals surface area (Å²) in [7, 11) is 1.27. The maximum absolute atomic E-state index is 12.1. The molecule has 2 rings (SSSR count). The topological polar surface area (TPSA) is 96.5 Å². The van der Waals surface area contributed by atoms with Crippen LogP contribution >= 0.6 is 11.6 Å². The second-order valence-corrected chi connectivity index (χ2v) is 5.76. The van der Waals surface area contributed by atoms with E-state index in [1.54, 1.807) is 24.3 Å². The van der Waals surface area contributed by atoms with Gasteiger partial charge in [-0.2, -0.15) is 0 Å². The monoisotopic (exact) mass is 375 g/mol. The minimum absolute atomic E-state index is 0.0255. The maximum Gasteiger partial charge on any atom is 0.337 e. The Hall–Kier alpha value is -3.06. The number of hydrogen-bond donors (Lipinski definition) is 3.